The number of amides is 2. The van der Waals surface area contributed by atoms with Crippen LogP contribution < -0.4 is 4.90 Å². The Morgan fingerprint density at radius 2 is 1.39 bits per heavy atom. The summed E-state index contributed by atoms with van der Waals surface area (Å²) >= 11 is 0. The van der Waals surface area contributed by atoms with Gasteiger partial charge in [0.2, 0.25) is 11.8 Å². The van der Waals surface area contributed by atoms with E-state index in [9.17, 15) is 19.5 Å². The highest BCUT2D eigenvalue weighted by molar-refractivity contribution is 6.25. The topological polar surface area (TPSA) is 74.7 Å². The van der Waals surface area contributed by atoms with Gasteiger partial charge >= 0.3 is 5.97 Å². The number of carbonyl (C=O) groups excluding carboxylic acids is 2. The number of rotatable bonds is 2. The fourth-order valence-corrected chi connectivity index (χ4v) is 6.19. The molecule has 7 rings (SSSR count). The van der Waals surface area contributed by atoms with Gasteiger partial charge in [-0.2, -0.15) is 0 Å². The van der Waals surface area contributed by atoms with Crippen molar-refractivity contribution in [1.82, 2.24) is 0 Å². The first-order chi connectivity index (χ1) is 15.0. The van der Waals surface area contributed by atoms with Crippen LogP contribution in [0, 0.1) is 18.8 Å². The monoisotopic (exact) mass is 409 g/mol. The van der Waals surface area contributed by atoms with Crippen LogP contribution in [-0.2, 0) is 19.8 Å². The van der Waals surface area contributed by atoms with E-state index in [0.29, 0.717) is 16.8 Å². The number of aliphatic carboxylic acids is 1. The van der Waals surface area contributed by atoms with E-state index in [0.717, 1.165) is 16.7 Å². The maximum Gasteiger partial charge on any atom is 0.319 e. The van der Waals surface area contributed by atoms with Gasteiger partial charge in [0.15, 0.2) is 0 Å². The van der Waals surface area contributed by atoms with E-state index in [1.807, 2.05) is 55.5 Å². The zero-order chi connectivity index (χ0) is 21.5. The second-order valence-corrected chi connectivity index (χ2v) is 8.57. The number of carboxylic acid groups (broad SMARTS) is 1. The molecule has 1 N–H and O–H groups in total. The summed E-state index contributed by atoms with van der Waals surface area (Å²) in [6.45, 7) is 1.85. The number of hydrogen-bond donors (Lipinski definition) is 1. The van der Waals surface area contributed by atoms with Crippen LogP contribution in [-0.4, -0.2) is 22.9 Å². The number of hydrogen-bond acceptors (Lipinski definition) is 3. The summed E-state index contributed by atoms with van der Waals surface area (Å²) in [7, 11) is 0. The van der Waals surface area contributed by atoms with Crippen molar-refractivity contribution in [3.8, 4) is 0 Å². The number of imide groups is 1. The molecule has 0 radical (unpaired) electrons. The molecular formula is C26H19NO4. The number of carboxylic acids is 1. The molecule has 0 saturated carbocycles. The average Bonchev–Trinajstić information content (AvgIpc) is 3.05. The third-order valence-corrected chi connectivity index (χ3v) is 7.31. The largest absolute Gasteiger partial charge is 0.480 e. The van der Waals surface area contributed by atoms with Gasteiger partial charge < -0.3 is 5.11 Å². The minimum Gasteiger partial charge on any atom is -0.480 e. The van der Waals surface area contributed by atoms with Gasteiger partial charge in [-0.1, -0.05) is 66.7 Å². The van der Waals surface area contributed by atoms with Crippen LogP contribution in [0.2, 0.25) is 0 Å². The van der Waals surface area contributed by atoms with Crippen LogP contribution in [0.25, 0.3) is 0 Å². The predicted octanol–water partition coefficient (Wildman–Crippen LogP) is 3.63. The molecule has 3 aromatic carbocycles. The van der Waals surface area contributed by atoms with Crippen LogP contribution in [0.4, 0.5) is 5.69 Å². The number of carbonyl (C=O) groups is 3. The second kappa shape index (κ2) is 5.91. The van der Waals surface area contributed by atoms with Crippen LogP contribution in [0.1, 0.15) is 33.7 Å². The van der Waals surface area contributed by atoms with Crippen LogP contribution in [0.5, 0.6) is 0 Å². The number of benzene rings is 3. The highest BCUT2D eigenvalue weighted by Crippen LogP contribution is 2.64. The molecule has 1 saturated heterocycles. The van der Waals surface area contributed by atoms with Gasteiger partial charge in [0, 0.05) is 5.92 Å². The van der Waals surface area contributed by atoms with Crippen molar-refractivity contribution in [3.63, 3.8) is 0 Å². The SMILES string of the molecule is Cc1ccccc1N1C(=O)[C@H]2C3c4ccccc4C(C(=O)O)(c4ccccc43)[C@H]2C1=O. The van der Waals surface area contributed by atoms with E-state index in [-0.39, 0.29) is 11.8 Å². The lowest BCUT2D eigenvalue weighted by molar-refractivity contribution is -0.149. The molecule has 2 amide bonds. The van der Waals surface area contributed by atoms with Gasteiger partial charge in [0.05, 0.1) is 17.5 Å². The van der Waals surface area contributed by atoms with Crippen LogP contribution in [0.15, 0.2) is 72.8 Å². The highest BCUT2D eigenvalue weighted by Gasteiger charge is 2.71. The molecule has 0 aromatic heterocycles. The van der Waals surface area contributed by atoms with E-state index in [2.05, 4.69) is 0 Å². The van der Waals surface area contributed by atoms with Gasteiger partial charge in [0.1, 0.15) is 5.41 Å². The van der Waals surface area contributed by atoms with Crippen molar-refractivity contribution in [2.24, 2.45) is 11.8 Å². The third-order valence-electron chi connectivity index (χ3n) is 7.31. The molecular weight excluding hydrogens is 390 g/mol. The molecule has 5 nitrogen and oxygen atoms in total. The van der Waals surface area contributed by atoms with Crippen molar-refractivity contribution >= 4 is 23.5 Å². The van der Waals surface area contributed by atoms with Gasteiger partial charge in [-0.05, 0) is 40.8 Å². The minimum atomic E-state index is -1.59. The van der Waals surface area contributed by atoms with E-state index in [4.69, 9.17) is 0 Å². The van der Waals surface area contributed by atoms with Crippen LogP contribution >= 0.6 is 0 Å². The second-order valence-electron chi connectivity index (χ2n) is 8.57. The van der Waals surface area contributed by atoms with Crippen molar-refractivity contribution in [2.75, 3.05) is 4.90 Å². The summed E-state index contributed by atoms with van der Waals surface area (Å²) in [6, 6.07) is 22.0. The van der Waals surface area contributed by atoms with E-state index >= 15 is 0 Å². The first-order valence-corrected chi connectivity index (χ1v) is 10.3. The first-order valence-electron chi connectivity index (χ1n) is 10.3. The Bertz CT molecular complexity index is 1260. The first kappa shape index (κ1) is 18.1. The molecule has 152 valence electrons. The Balaban J connectivity index is 1.69. The Morgan fingerprint density at radius 3 is 1.97 bits per heavy atom. The number of aryl methyl sites for hydroxylation is 1. The predicted molar refractivity (Wildman–Crippen MR) is 114 cm³/mol. The Hall–Kier alpha value is -3.73. The zero-order valence-electron chi connectivity index (χ0n) is 16.8. The molecule has 1 fully saturated rings. The molecule has 2 atom stereocenters. The van der Waals surface area contributed by atoms with Crippen LogP contribution in [0.3, 0.4) is 0 Å². The highest BCUT2D eigenvalue weighted by atomic mass is 16.4. The van der Waals surface area contributed by atoms with Gasteiger partial charge in [-0.15, -0.1) is 0 Å². The standard InChI is InChI=1S/C26H19NO4/c1-14-8-2-7-13-19(14)27-23(28)21-20-15-9-3-5-11-17(15)26(25(30)31,22(21)24(27)29)18-12-6-4-10-16(18)20/h2-13,20-22H,1H3,(H,30,31)/t20?,21-,22+,26?/m0/s1. The van der Waals surface area contributed by atoms with Crippen molar-refractivity contribution in [3.05, 3.63) is 101 Å². The molecule has 4 aliphatic rings. The van der Waals surface area contributed by atoms with E-state index in [1.165, 1.54) is 4.90 Å². The Morgan fingerprint density at radius 1 is 0.839 bits per heavy atom. The van der Waals surface area contributed by atoms with E-state index < -0.39 is 29.1 Å². The summed E-state index contributed by atoms with van der Waals surface area (Å²) in [5.41, 5.74) is 2.65. The summed E-state index contributed by atoms with van der Waals surface area (Å²) in [6.07, 6.45) is 0. The maximum absolute atomic E-state index is 13.9. The lowest BCUT2D eigenvalue weighted by Gasteiger charge is -2.51. The molecule has 1 heterocycles. The summed E-state index contributed by atoms with van der Waals surface area (Å²) in [5, 5.41) is 10.7. The lowest BCUT2D eigenvalue weighted by atomic mass is 9.47. The van der Waals surface area contributed by atoms with Gasteiger partial charge in [-0.25, -0.2) is 4.90 Å². The van der Waals surface area contributed by atoms with Crippen molar-refractivity contribution < 1.29 is 19.5 Å². The normalized spacial score (nSPS) is 27.6. The molecule has 31 heavy (non-hydrogen) atoms. The fraction of sp³-hybridized carbons (Fsp3) is 0.192. The lowest BCUT2D eigenvalue weighted by Crippen LogP contribution is -2.57. The van der Waals surface area contributed by atoms with Gasteiger partial charge in [0.25, 0.3) is 0 Å². The Labute approximate surface area is 178 Å². The molecule has 5 heteroatoms. The molecule has 1 aliphatic heterocycles. The molecule has 3 aromatic rings. The molecule has 0 spiro atoms. The maximum atomic E-state index is 13.9. The number of para-hydroxylation sites is 1. The van der Waals surface area contributed by atoms with Crippen molar-refractivity contribution in [1.29, 1.82) is 0 Å². The summed E-state index contributed by atoms with van der Waals surface area (Å²) < 4.78 is 0. The van der Waals surface area contributed by atoms with Gasteiger partial charge in [-0.3, -0.25) is 14.4 Å². The van der Waals surface area contributed by atoms with E-state index in [1.54, 1.807) is 24.3 Å². The minimum absolute atomic E-state index is 0.316. The molecule has 0 unspecified atom stereocenters. The number of anilines is 1. The van der Waals surface area contributed by atoms with Crippen molar-refractivity contribution in [2.45, 2.75) is 18.3 Å². The fourth-order valence-electron chi connectivity index (χ4n) is 6.19. The summed E-state index contributed by atoms with van der Waals surface area (Å²) in [5.74, 6) is -3.90. The third kappa shape index (κ3) is 1.94. The molecule has 2 bridgehead atoms. The average molecular weight is 409 g/mol. The smallest absolute Gasteiger partial charge is 0.319 e. The zero-order valence-corrected chi connectivity index (χ0v) is 16.8. The Kier molecular flexibility index (Phi) is 3.45. The quantitative estimate of drug-likeness (QED) is 0.656. The summed E-state index contributed by atoms with van der Waals surface area (Å²) in [4.78, 5) is 42.0. The molecule has 3 aliphatic carbocycles. The number of nitrogens with zero attached hydrogens (tertiary/aromatic N) is 1.